The third-order valence-electron chi connectivity index (χ3n) is 4.67. The maximum Gasteiger partial charge on any atom is 0.329 e. The fourth-order valence-electron chi connectivity index (χ4n) is 3.04. The van der Waals surface area contributed by atoms with E-state index in [1.54, 1.807) is 53.1 Å². The van der Waals surface area contributed by atoms with E-state index >= 15 is 0 Å². The lowest BCUT2D eigenvalue weighted by molar-refractivity contribution is -0.119. The summed E-state index contributed by atoms with van der Waals surface area (Å²) in [6.45, 7) is 0.410. The predicted molar refractivity (Wildman–Crippen MR) is 109 cm³/mol. The van der Waals surface area contributed by atoms with Gasteiger partial charge < -0.3 is 14.8 Å². The molecule has 3 aromatic rings. The number of carbonyl (C=O) groups excluding carboxylic acids is 2. The highest BCUT2D eigenvalue weighted by atomic mass is 16.3. The van der Waals surface area contributed by atoms with Crippen molar-refractivity contribution >= 4 is 23.7 Å². The molecule has 1 aromatic heterocycles. The van der Waals surface area contributed by atoms with Crippen molar-refractivity contribution in [2.75, 3.05) is 7.05 Å². The van der Waals surface area contributed by atoms with E-state index in [1.807, 2.05) is 6.20 Å². The first-order valence-electron chi connectivity index (χ1n) is 9.18. The number of amides is 3. The van der Waals surface area contributed by atoms with Crippen molar-refractivity contribution in [3.05, 3.63) is 71.5 Å². The summed E-state index contributed by atoms with van der Waals surface area (Å²) in [5, 5.41) is 21.4. The van der Waals surface area contributed by atoms with Crippen molar-refractivity contribution < 1.29 is 19.8 Å². The number of imidazole rings is 1. The van der Waals surface area contributed by atoms with Gasteiger partial charge in [0, 0.05) is 19.7 Å². The van der Waals surface area contributed by atoms with Crippen LogP contribution in [-0.2, 0) is 17.8 Å². The van der Waals surface area contributed by atoms with E-state index in [-0.39, 0.29) is 23.3 Å². The lowest BCUT2D eigenvalue weighted by Gasteiger charge is -2.05. The predicted octanol–water partition coefficient (Wildman–Crippen LogP) is 2.14. The number of phenols is 2. The molecular weight excluding hydrogens is 386 g/mol. The molecule has 1 aliphatic rings. The number of nitrogens with zero attached hydrogens (tertiary/aromatic N) is 4. The smallest absolute Gasteiger partial charge is 0.329 e. The number of amidine groups is 1. The molecule has 1 saturated heterocycles. The standard InChI is InChI=1S/C21H19N5O4/c1-25-19(29)18(24-21(25)30)23-20-22-15(10-13-2-6-16(27)7-3-13)12-26(20)11-14-4-8-17(28)9-5-14/h2-9,12,27-28H,10-11H2,1H3,(H,22,23,24,30). The van der Waals surface area contributed by atoms with Gasteiger partial charge in [-0.05, 0) is 35.4 Å². The van der Waals surface area contributed by atoms with Crippen molar-refractivity contribution in [1.29, 1.82) is 0 Å². The molecule has 0 atom stereocenters. The van der Waals surface area contributed by atoms with Crippen molar-refractivity contribution in [2.45, 2.75) is 13.0 Å². The molecule has 0 unspecified atom stereocenters. The SMILES string of the molecule is CN1C(=O)NC(=Nc2nc(Cc3ccc(O)cc3)cn2Cc2ccc(O)cc2)C1=O. The largest absolute Gasteiger partial charge is 0.508 e. The minimum atomic E-state index is -0.542. The van der Waals surface area contributed by atoms with Crippen LogP contribution < -0.4 is 5.32 Å². The van der Waals surface area contributed by atoms with Gasteiger partial charge in [0.1, 0.15) is 11.5 Å². The molecule has 152 valence electrons. The molecule has 30 heavy (non-hydrogen) atoms. The number of nitrogens with one attached hydrogen (secondary N) is 1. The van der Waals surface area contributed by atoms with Gasteiger partial charge in [-0.25, -0.2) is 9.78 Å². The minimum absolute atomic E-state index is 0.0868. The van der Waals surface area contributed by atoms with Crippen LogP contribution in [0.4, 0.5) is 10.7 Å². The van der Waals surface area contributed by atoms with Gasteiger partial charge in [0.25, 0.3) is 5.91 Å². The van der Waals surface area contributed by atoms with Crippen LogP contribution in [0.5, 0.6) is 11.5 Å². The Balaban J connectivity index is 1.67. The summed E-state index contributed by atoms with van der Waals surface area (Å²) in [4.78, 5) is 33.7. The number of carbonyl (C=O) groups is 2. The van der Waals surface area contributed by atoms with Gasteiger partial charge in [0.2, 0.25) is 11.8 Å². The van der Waals surface area contributed by atoms with Crippen molar-refractivity contribution in [2.24, 2.45) is 4.99 Å². The molecule has 1 fully saturated rings. The Hall–Kier alpha value is -4.14. The minimum Gasteiger partial charge on any atom is -0.508 e. The summed E-state index contributed by atoms with van der Waals surface area (Å²) in [6.07, 6.45) is 2.32. The van der Waals surface area contributed by atoms with E-state index < -0.39 is 11.9 Å². The maximum absolute atomic E-state index is 12.2. The van der Waals surface area contributed by atoms with E-state index in [9.17, 15) is 19.8 Å². The fourth-order valence-corrected chi connectivity index (χ4v) is 3.04. The average molecular weight is 405 g/mol. The number of aliphatic imine (C=N–C) groups is 1. The number of aromatic nitrogens is 2. The van der Waals surface area contributed by atoms with Crippen LogP contribution in [-0.4, -0.2) is 49.5 Å². The molecule has 0 saturated carbocycles. The third kappa shape index (κ3) is 4.00. The topological polar surface area (TPSA) is 120 Å². The van der Waals surface area contributed by atoms with E-state index in [0.717, 1.165) is 16.0 Å². The number of likely N-dealkylation sites (N-methyl/N-ethyl adjacent to an activating group) is 1. The highest BCUT2D eigenvalue weighted by molar-refractivity contribution is 6.47. The van der Waals surface area contributed by atoms with Crippen molar-refractivity contribution in [1.82, 2.24) is 19.8 Å². The summed E-state index contributed by atoms with van der Waals surface area (Å²) < 4.78 is 1.77. The number of hydrogen-bond acceptors (Lipinski definition) is 6. The zero-order chi connectivity index (χ0) is 21.3. The number of phenolic OH excluding ortho intramolecular Hbond substituents is 2. The van der Waals surface area contributed by atoms with Gasteiger partial charge in [-0.2, -0.15) is 4.99 Å². The van der Waals surface area contributed by atoms with Gasteiger partial charge in [-0.15, -0.1) is 0 Å². The number of rotatable bonds is 5. The second-order valence-corrected chi connectivity index (χ2v) is 6.92. The van der Waals surface area contributed by atoms with E-state index in [1.165, 1.54) is 7.05 Å². The molecule has 0 aliphatic carbocycles. The van der Waals surface area contributed by atoms with Crippen LogP contribution in [0.15, 0.2) is 59.7 Å². The van der Waals surface area contributed by atoms with Crippen LogP contribution in [0.25, 0.3) is 0 Å². The maximum atomic E-state index is 12.2. The summed E-state index contributed by atoms with van der Waals surface area (Å²) in [5.74, 6) is 0.00906. The Morgan fingerprint density at radius 3 is 2.13 bits per heavy atom. The van der Waals surface area contributed by atoms with Crippen molar-refractivity contribution in [3.8, 4) is 11.5 Å². The second-order valence-electron chi connectivity index (χ2n) is 6.92. The van der Waals surface area contributed by atoms with E-state index in [4.69, 9.17) is 0 Å². The van der Waals surface area contributed by atoms with Crippen LogP contribution in [0, 0.1) is 0 Å². The van der Waals surface area contributed by atoms with Gasteiger partial charge in [-0.3, -0.25) is 15.0 Å². The Bertz CT molecular complexity index is 1130. The highest BCUT2D eigenvalue weighted by Crippen LogP contribution is 2.20. The summed E-state index contributed by atoms with van der Waals surface area (Å²) in [5.41, 5.74) is 2.57. The molecule has 9 nitrogen and oxygen atoms in total. The zero-order valence-corrected chi connectivity index (χ0v) is 16.1. The Morgan fingerprint density at radius 1 is 0.967 bits per heavy atom. The zero-order valence-electron chi connectivity index (χ0n) is 16.1. The van der Waals surface area contributed by atoms with Crippen LogP contribution in [0.2, 0.25) is 0 Å². The van der Waals surface area contributed by atoms with Gasteiger partial charge in [0.15, 0.2) is 0 Å². The summed E-state index contributed by atoms with van der Waals surface area (Å²) in [7, 11) is 1.37. The molecule has 3 N–H and O–H groups in total. The Morgan fingerprint density at radius 2 is 1.57 bits per heavy atom. The first-order chi connectivity index (χ1) is 14.4. The summed E-state index contributed by atoms with van der Waals surface area (Å²) in [6, 6.07) is 13.0. The first kappa shape index (κ1) is 19.2. The number of urea groups is 1. The summed E-state index contributed by atoms with van der Waals surface area (Å²) >= 11 is 0. The number of aromatic hydroxyl groups is 2. The number of benzene rings is 2. The van der Waals surface area contributed by atoms with Gasteiger partial charge in [0.05, 0.1) is 12.2 Å². The second kappa shape index (κ2) is 7.70. The molecule has 1 aliphatic heterocycles. The van der Waals surface area contributed by atoms with Gasteiger partial charge >= 0.3 is 6.03 Å². The molecule has 4 rings (SSSR count). The quantitative estimate of drug-likeness (QED) is 0.562. The molecule has 0 radical (unpaired) electrons. The molecule has 3 amide bonds. The average Bonchev–Trinajstić information content (AvgIpc) is 3.20. The van der Waals surface area contributed by atoms with Crippen LogP contribution in [0.1, 0.15) is 16.8 Å². The first-order valence-corrected chi connectivity index (χ1v) is 9.18. The molecule has 0 bridgehead atoms. The Kier molecular flexibility index (Phi) is 4.93. The van der Waals surface area contributed by atoms with Crippen LogP contribution in [0.3, 0.4) is 0 Å². The lowest BCUT2D eigenvalue weighted by Crippen LogP contribution is -2.25. The number of hydrogen-bond donors (Lipinski definition) is 3. The molecule has 2 aromatic carbocycles. The molecule has 2 heterocycles. The fraction of sp³-hybridized carbons (Fsp3) is 0.143. The Labute approximate surface area is 171 Å². The van der Waals surface area contributed by atoms with Crippen molar-refractivity contribution in [3.63, 3.8) is 0 Å². The van der Waals surface area contributed by atoms with E-state index in [2.05, 4.69) is 15.3 Å². The van der Waals surface area contributed by atoms with E-state index in [0.29, 0.717) is 18.7 Å². The van der Waals surface area contributed by atoms with Crippen LogP contribution >= 0.6 is 0 Å². The molecule has 9 heteroatoms. The van der Waals surface area contributed by atoms with Gasteiger partial charge in [-0.1, -0.05) is 24.3 Å². The normalized spacial score (nSPS) is 15.1. The number of imide groups is 1. The third-order valence-corrected chi connectivity index (χ3v) is 4.67. The molecular formula is C21H19N5O4. The monoisotopic (exact) mass is 405 g/mol. The molecule has 0 spiro atoms. The lowest BCUT2D eigenvalue weighted by atomic mass is 10.1. The highest BCUT2D eigenvalue weighted by Gasteiger charge is 2.32.